The van der Waals surface area contributed by atoms with Gasteiger partial charge in [0.05, 0.1) is 7.11 Å². The number of benzene rings is 2. The first kappa shape index (κ1) is 12.4. The lowest BCUT2D eigenvalue weighted by Crippen LogP contribution is -2.04. The van der Waals surface area contributed by atoms with Gasteiger partial charge >= 0.3 is 0 Å². The second-order valence-corrected chi connectivity index (χ2v) is 4.34. The third-order valence-corrected chi connectivity index (χ3v) is 3.10. The lowest BCUT2D eigenvalue weighted by molar-refractivity contribution is 0.409. The number of phenols is 1. The normalized spacial score (nSPS) is 10.9. The van der Waals surface area contributed by atoms with Gasteiger partial charge in [0.1, 0.15) is 28.2 Å². The van der Waals surface area contributed by atoms with Crippen molar-refractivity contribution in [2.24, 2.45) is 5.73 Å². The molecular formula is C14H14N4O2. The number of hydrogen-bond donors (Lipinski definition) is 2. The van der Waals surface area contributed by atoms with Crippen molar-refractivity contribution in [2.75, 3.05) is 7.11 Å². The number of ether oxygens (including phenoxy) is 1. The Kier molecular flexibility index (Phi) is 3.00. The summed E-state index contributed by atoms with van der Waals surface area (Å²) >= 11 is 0. The van der Waals surface area contributed by atoms with Gasteiger partial charge in [-0.25, -0.2) is 0 Å². The van der Waals surface area contributed by atoms with E-state index in [1.165, 1.54) is 4.80 Å². The van der Waals surface area contributed by atoms with Gasteiger partial charge in [0, 0.05) is 18.2 Å². The molecule has 3 aromatic rings. The van der Waals surface area contributed by atoms with Crippen LogP contribution in [0.25, 0.3) is 16.7 Å². The van der Waals surface area contributed by atoms with E-state index >= 15 is 0 Å². The van der Waals surface area contributed by atoms with Crippen LogP contribution >= 0.6 is 0 Å². The van der Waals surface area contributed by atoms with E-state index in [-0.39, 0.29) is 12.3 Å². The van der Waals surface area contributed by atoms with Crippen LogP contribution in [0.15, 0.2) is 36.4 Å². The van der Waals surface area contributed by atoms with Gasteiger partial charge < -0.3 is 15.6 Å². The van der Waals surface area contributed by atoms with Crippen LogP contribution in [0, 0.1) is 0 Å². The fraction of sp³-hybridized carbons (Fsp3) is 0.143. The molecule has 6 heteroatoms. The van der Waals surface area contributed by atoms with Crippen LogP contribution in [-0.4, -0.2) is 27.2 Å². The van der Waals surface area contributed by atoms with Gasteiger partial charge in [-0.3, -0.25) is 0 Å². The van der Waals surface area contributed by atoms with Crippen LogP contribution < -0.4 is 10.5 Å². The molecule has 0 saturated heterocycles. The van der Waals surface area contributed by atoms with Crippen LogP contribution in [0.2, 0.25) is 0 Å². The van der Waals surface area contributed by atoms with Crippen molar-refractivity contribution in [3.8, 4) is 17.2 Å². The van der Waals surface area contributed by atoms with Crippen molar-refractivity contribution >= 4 is 11.0 Å². The molecule has 20 heavy (non-hydrogen) atoms. The third-order valence-electron chi connectivity index (χ3n) is 3.10. The minimum Gasteiger partial charge on any atom is -0.505 e. The first-order valence-corrected chi connectivity index (χ1v) is 6.15. The summed E-state index contributed by atoms with van der Waals surface area (Å²) in [6.45, 7) is 0.205. The van der Waals surface area contributed by atoms with Crippen molar-refractivity contribution in [1.82, 2.24) is 15.0 Å². The van der Waals surface area contributed by atoms with Crippen LogP contribution in [0.1, 0.15) is 5.56 Å². The van der Waals surface area contributed by atoms with Crippen molar-refractivity contribution in [3.63, 3.8) is 0 Å². The zero-order chi connectivity index (χ0) is 14.1. The van der Waals surface area contributed by atoms with Crippen LogP contribution in [-0.2, 0) is 6.54 Å². The van der Waals surface area contributed by atoms with Crippen molar-refractivity contribution in [1.29, 1.82) is 0 Å². The number of hydrogen-bond acceptors (Lipinski definition) is 5. The molecule has 0 aliphatic rings. The maximum Gasteiger partial charge on any atom is 0.147 e. The van der Waals surface area contributed by atoms with Crippen LogP contribution in [0.4, 0.5) is 0 Å². The van der Waals surface area contributed by atoms with Crippen molar-refractivity contribution in [2.45, 2.75) is 6.54 Å². The molecule has 0 radical (unpaired) electrons. The molecule has 0 aliphatic heterocycles. The summed E-state index contributed by atoms with van der Waals surface area (Å²) in [5.41, 5.74) is 8.17. The summed E-state index contributed by atoms with van der Waals surface area (Å²) in [7, 11) is 1.56. The van der Waals surface area contributed by atoms with Gasteiger partial charge in [-0.05, 0) is 18.2 Å². The van der Waals surface area contributed by atoms with E-state index < -0.39 is 0 Å². The zero-order valence-corrected chi connectivity index (χ0v) is 10.9. The summed E-state index contributed by atoms with van der Waals surface area (Å²) in [6, 6.07) is 10.9. The van der Waals surface area contributed by atoms with E-state index in [1.807, 2.05) is 24.3 Å². The molecule has 0 saturated carbocycles. The molecule has 102 valence electrons. The molecule has 1 aromatic heterocycles. The number of rotatable bonds is 3. The molecule has 1 heterocycles. The SMILES string of the molecule is COc1cc(CN)c(O)c(-n2nc3ccccc3n2)c1. The number of methoxy groups -OCH3 is 1. The number of nitrogens with zero attached hydrogens (tertiary/aromatic N) is 3. The highest BCUT2D eigenvalue weighted by Crippen LogP contribution is 2.30. The Morgan fingerprint density at radius 3 is 2.40 bits per heavy atom. The van der Waals surface area contributed by atoms with Gasteiger partial charge in [0.25, 0.3) is 0 Å². The molecule has 0 fully saturated rings. The minimum absolute atomic E-state index is 0.0635. The smallest absolute Gasteiger partial charge is 0.147 e. The highest BCUT2D eigenvalue weighted by Gasteiger charge is 2.14. The number of aromatic nitrogens is 3. The molecule has 0 atom stereocenters. The lowest BCUT2D eigenvalue weighted by Gasteiger charge is -2.10. The number of nitrogens with two attached hydrogens (primary N) is 1. The van der Waals surface area contributed by atoms with E-state index in [2.05, 4.69) is 10.2 Å². The van der Waals surface area contributed by atoms with E-state index in [0.717, 1.165) is 11.0 Å². The lowest BCUT2D eigenvalue weighted by atomic mass is 10.1. The Morgan fingerprint density at radius 1 is 1.20 bits per heavy atom. The Hall–Kier alpha value is -2.60. The summed E-state index contributed by atoms with van der Waals surface area (Å²) in [6.07, 6.45) is 0. The van der Waals surface area contributed by atoms with Gasteiger partial charge in [0.15, 0.2) is 0 Å². The monoisotopic (exact) mass is 270 g/mol. The van der Waals surface area contributed by atoms with Gasteiger partial charge in [-0.2, -0.15) is 0 Å². The molecule has 6 nitrogen and oxygen atoms in total. The van der Waals surface area contributed by atoms with Gasteiger partial charge in [-0.15, -0.1) is 15.0 Å². The summed E-state index contributed by atoms with van der Waals surface area (Å²) in [5, 5.41) is 18.9. The Morgan fingerprint density at radius 2 is 1.85 bits per heavy atom. The molecule has 0 aliphatic carbocycles. The summed E-state index contributed by atoms with van der Waals surface area (Å²) in [4.78, 5) is 1.39. The molecule has 3 N–H and O–H groups in total. The molecule has 0 unspecified atom stereocenters. The average Bonchev–Trinajstić information content (AvgIpc) is 2.91. The summed E-state index contributed by atoms with van der Waals surface area (Å²) in [5.74, 6) is 0.660. The van der Waals surface area contributed by atoms with E-state index in [0.29, 0.717) is 17.0 Å². The summed E-state index contributed by atoms with van der Waals surface area (Å²) < 4.78 is 5.21. The molecule has 2 aromatic carbocycles. The van der Waals surface area contributed by atoms with Crippen LogP contribution in [0.5, 0.6) is 11.5 Å². The van der Waals surface area contributed by atoms with Gasteiger partial charge in [-0.1, -0.05) is 12.1 Å². The van der Waals surface area contributed by atoms with Crippen molar-refractivity contribution < 1.29 is 9.84 Å². The molecule has 0 bridgehead atoms. The fourth-order valence-electron chi connectivity index (χ4n) is 2.04. The maximum atomic E-state index is 10.3. The second-order valence-electron chi connectivity index (χ2n) is 4.34. The third kappa shape index (κ3) is 1.96. The first-order chi connectivity index (χ1) is 9.72. The predicted molar refractivity (Wildman–Crippen MR) is 75.0 cm³/mol. The molecule has 0 spiro atoms. The van der Waals surface area contributed by atoms with E-state index in [9.17, 15) is 5.11 Å². The maximum absolute atomic E-state index is 10.3. The number of fused-ring (bicyclic) bond motifs is 1. The molecular weight excluding hydrogens is 256 g/mol. The number of phenolic OH excluding ortho intramolecular Hbond substituents is 1. The Bertz CT molecular complexity index is 734. The van der Waals surface area contributed by atoms with Crippen molar-refractivity contribution in [3.05, 3.63) is 42.0 Å². The highest BCUT2D eigenvalue weighted by atomic mass is 16.5. The average molecular weight is 270 g/mol. The highest BCUT2D eigenvalue weighted by molar-refractivity contribution is 5.73. The first-order valence-electron chi connectivity index (χ1n) is 6.15. The Balaban J connectivity index is 2.22. The molecule has 0 amide bonds. The Labute approximate surface area is 115 Å². The predicted octanol–water partition coefficient (Wildman–Crippen LogP) is 1.59. The van der Waals surface area contributed by atoms with Gasteiger partial charge in [0.2, 0.25) is 0 Å². The largest absolute Gasteiger partial charge is 0.505 e. The zero-order valence-electron chi connectivity index (χ0n) is 10.9. The standard InChI is InChI=1S/C14H14N4O2/c1-20-10-6-9(8-15)14(19)13(7-10)18-16-11-4-2-3-5-12(11)17-18/h2-7,19H,8,15H2,1H3. The topological polar surface area (TPSA) is 86.2 Å². The number of aromatic hydroxyl groups is 1. The molecule has 3 rings (SSSR count). The fourth-order valence-corrected chi connectivity index (χ4v) is 2.04. The minimum atomic E-state index is 0.0635. The second kappa shape index (κ2) is 4.82. The van der Waals surface area contributed by atoms with E-state index in [1.54, 1.807) is 19.2 Å². The van der Waals surface area contributed by atoms with Crippen LogP contribution in [0.3, 0.4) is 0 Å². The quantitative estimate of drug-likeness (QED) is 0.754. The van der Waals surface area contributed by atoms with E-state index in [4.69, 9.17) is 10.5 Å².